The summed E-state index contributed by atoms with van der Waals surface area (Å²) in [6, 6.07) is 0. The van der Waals surface area contributed by atoms with Crippen LogP contribution in [0.5, 0.6) is 0 Å². The minimum Gasteiger partial charge on any atom is -0.508 e. The lowest BCUT2D eigenvalue weighted by Crippen LogP contribution is -2.10. The number of hydrogen-bond donors (Lipinski definition) is 1. The molecule has 0 bridgehead atoms. The second-order valence-corrected chi connectivity index (χ2v) is 3.86. The van der Waals surface area contributed by atoms with Crippen LogP contribution in [-0.2, 0) is 0 Å². The fourth-order valence-electron chi connectivity index (χ4n) is 1.46. The summed E-state index contributed by atoms with van der Waals surface area (Å²) in [6.07, 6.45) is 6.16. The summed E-state index contributed by atoms with van der Waals surface area (Å²) in [5.74, 6) is 1.58. The first-order valence-electron chi connectivity index (χ1n) is 4.72. The molecule has 1 atom stereocenters. The van der Waals surface area contributed by atoms with Gasteiger partial charge in [0.05, 0.1) is 0 Å². The molecule has 1 N–H and O–H groups in total. The highest BCUT2D eigenvalue weighted by Gasteiger charge is 2.17. The van der Waals surface area contributed by atoms with Crippen molar-refractivity contribution in [2.45, 2.75) is 33.6 Å². The van der Waals surface area contributed by atoms with E-state index in [0.717, 1.165) is 18.4 Å². The van der Waals surface area contributed by atoms with Crippen molar-refractivity contribution >= 4 is 0 Å². The summed E-state index contributed by atoms with van der Waals surface area (Å²) >= 11 is 0. The van der Waals surface area contributed by atoms with Crippen LogP contribution < -0.4 is 0 Å². The van der Waals surface area contributed by atoms with E-state index in [4.69, 9.17) is 0 Å². The lowest BCUT2D eigenvalue weighted by Gasteiger charge is -2.21. The van der Waals surface area contributed by atoms with Crippen LogP contribution in [0.4, 0.5) is 0 Å². The molecule has 1 unspecified atom stereocenters. The SMILES string of the molecule is CC(C)C(C)C1=CCCC=C1O. The largest absolute Gasteiger partial charge is 0.508 e. The Balaban J connectivity index is 2.74. The predicted molar refractivity (Wildman–Crippen MR) is 52.0 cm³/mol. The van der Waals surface area contributed by atoms with Crippen LogP contribution in [-0.4, -0.2) is 5.11 Å². The third-order valence-electron chi connectivity index (χ3n) is 2.65. The Bertz CT molecular complexity index is 211. The van der Waals surface area contributed by atoms with Gasteiger partial charge in [0.2, 0.25) is 0 Å². The average molecular weight is 166 g/mol. The van der Waals surface area contributed by atoms with Crippen LogP contribution in [0.25, 0.3) is 0 Å². The number of rotatable bonds is 2. The maximum atomic E-state index is 9.58. The predicted octanol–water partition coefficient (Wildman–Crippen LogP) is 3.44. The zero-order valence-corrected chi connectivity index (χ0v) is 8.17. The molecule has 0 radical (unpaired) electrons. The van der Waals surface area contributed by atoms with Gasteiger partial charge in [0.15, 0.2) is 0 Å². The van der Waals surface area contributed by atoms with Gasteiger partial charge in [-0.2, -0.15) is 0 Å². The molecule has 1 nitrogen and oxygen atoms in total. The lowest BCUT2D eigenvalue weighted by molar-refractivity contribution is 0.377. The van der Waals surface area contributed by atoms with E-state index < -0.39 is 0 Å². The van der Waals surface area contributed by atoms with Crippen LogP contribution in [0.15, 0.2) is 23.5 Å². The van der Waals surface area contributed by atoms with Crippen LogP contribution in [0.3, 0.4) is 0 Å². The Morgan fingerprint density at radius 3 is 2.25 bits per heavy atom. The summed E-state index contributed by atoms with van der Waals surface area (Å²) < 4.78 is 0. The molecule has 1 heteroatoms. The Labute approximate surface area is 74.8 Å². The molecule has 1 rings (SSSR count). The fraction of sp³-hybridized carbons (Fsp3) is 0.636. The van der Waals surface area contributed by atoms with Crippen LogP contribution in [0, 0.1) is 11.8 Å². The minimum atomic E-state index is 0.474. The van der Waals surface area contributed by atoms with E-state index in [2.05, 4.69) is 26.8 Å². The second-order valence-electron chi connectivity index (χ2n) is 3.86. The minimum absolute atomic E-state index is 0.474. The first-order chi connectivity index (χ1) is 5.63. The van der Waals surface area contributed by atoms with Crippen molar-refractivity contribution in [1.82, 2.24) is 0 Å². The maximum Gasteiger partial charge on any atom is 0.114 e. The molecule has 0 spiro atoms. The zero-order chi connectivity index (χ0) is 9.14. The van der Waals surface area contributed by atoms with E-state index in [1.165, 1.54) is 0 Å². The molecule has 12 heavy (non-hydrogen) atoms. The molecule has 0 aromatic heterocycles. The third kappa shape index (κ3) is 1.90. The van der Waals surface area contributed by atoms with Gasteiger partial charge in [0, 0.05) is 0 Å². The molecule has 0 aromatic carbocycles. The van der Waals surface area contributed by atoms with Crippen molar-refractivity contribution in [1.29, 1.82) is 0 Å². The maximum absolute atomic E-state index is 9.58. The van der Waals surface area contributed by atoms with E-state index in [0.29, 0.717) is 17.6 Å². The van der Waals surface area contributed by atoms with E-state index in [1.807, 2.05) is 6.08 Å². The quantitative estimate of drug-likeness (QED) is 0.666. The molecule has 0 amide bonds. The average Bonchev–Trinajstić information content (AvgIpc) is 2.04. The second kappa shape index (κ2) is 3.79. The van der Waals surface area contributed by atoms with Gasteiger partial charge in [-0.25, -0.2) is 0 Å². The van der Waals surface area contributed by atoms with E-state index >= 15 is 0 Å². The van der Waals surface area contributed by atoms with Gasteiger partial charge >= 0.3 is 0 Å². The van der Waals surface area contributed by atoms with Gasteiger partial charge in [-0.05, 0) is 36.3 Å². The highest BCUT2D eigenvalue weighted by molar-refractivity contribution is 5.30. The fourth-order valence-corrected chi connectivity index (χ4v) is 1.46. The Hall–Kier alpha value is -0.720. The molecule has 0 heterocycles. The van der Waals surface area contributed by atoms with Crippen molar-refractivity contribution in [3.63, 3.8) is 0 Å². The van der Waals surface area contributed by atoms with Gasteiger partial charge in [0.25, 0.3) is 0 Å². The summed E-state index contributed by atoms with van der Waals surface area (Å²) in [5, 5.41) is 9.58. The van der Waals surface area contributed by atoms with Gasteiger partial charge in [-0.1, -0.05) is 26.8 Å². The van der Waals surface area contributed by atoms with Gasteiger partial charge in [-0.3, -0.25) is 0 Å². The normalized spacial score (nSPS) is 20.3. The Morgan fingerprint density at radius 2 is 1.75 bits per heavy atom. The first-order valence-corrected chi connectivity index (χ1v) is 4.72. The van der Waals surface area contributed by atoms with Gasteiger partial charge in [0.1, 0.15) is 5.76 Å². The van der Waals surface area contributed by atoms with Crippen LogP contribution in [0.1, 0.15) is 33.6 Å². The molecular formula is C11H18O. The smallest absolute Gasteiger partial charge is 0.114 e. The molecule has 68 valence electrons. The summed E-state index contributed by atoms with van der Waals surface area (Å²) in [7, 11) is 0. The van der Waals surface area contributed by atoms with E-state index in [9.17, 15) is 5.11 Å². The highest BCUT2D eigenvalue weighted by Crippen LogP contribution is 2.28. The van der Waals surface area contributed by atoms with Crippen LogP contribution in [0.2, 0.25) is 0 Å². The summed E-state index contributed by atoms with van der Waals surface area (Å²) in [5.41, 5.74) is 1.14. The standard InChI is InChI=1S/C11H18O/c1-8(2)9(3)10-6-4-5-7-11(10)12/h6-9,12H,4-5H2,1-3H3. The molecule has 0 aliphatic heterocycles. The summed E-state index contributed by atoms with van der Waals surface area (Å²) in [4.78, 5) is 0. The van der Waals surface area contributed by atoms with Crippen molar-refractivity contribution in [2.24, 2.45) is 11.8 Å². The van der Waals surface area contributed by atoms with Gasteiger partial charge in [-0.15, -0.1) is 0 Å². The monoisotopic (exact) mass is 166 g/mol. The summed E-state index contributed by atoms with van der Waals surface area (Å²) in [6.45, 7) is 6.55. The van der Waals surface area contributed by atoms with Crippen molar-refractivity contribution in [2.75, 3.05) is 0 Å². The number of hydrogen-bond acceptors (Lipinski definition) is 1. The molecule has 0 saturated carbocycles. The molecule has 0 aromatic rings. The molecule has 0 saturated heterocycles. The van der Waals surface area contributed by atoms with Crippen molar-refractivity contribution in [3.05, 3.63) is 23.5 Å². The topological polar surface area (TPSA) is 20.2 Å². The number of aliphatic hydroxyl groups excluding tert-OH is 1. The third-order valence-corrected chi connectivity index (χ3v) is 2.65. The van der Waals surface area contributed by atoms with E-state index in [1.54, 1.807) is 0 Å². The number of allylic oxidation sites excluding steroid dienone is 3. The van der Waals surface area contributed by atoms with Gasteiger partial charge < -0.3 is 5.11 Å². The number of aliphatic hydroxyl groups is 1. The molecule has 1 aliphatic carbocycles. The molecule has 0 fully saturated rings. The van der Waals surface area contributed by atoms with Crippen molar-refractivity contribution < 1.29 is 5.11 Å². The Kier molecular flexibility index (Phi) is 2.96. The molecular weight excluding hydrogens is 148 g/mol. The van der Waals surface area contributed by atoms with E-state index in [-0.39, 0.29) is 0 Å². The zero-order valence-electron chi connectivity index (χ0n) is 8.17. The molecule has 1 aliphatic rings. The first kappa shape index (κ1) is 9.37. The lowest BCUT2D eigenvalue weighted by atomic mass is 9.86. The highest BCUT2D eigenvalue weighted by atomic mass is 16.3. The van der Waals surface area contributed by atoms with Crippen LogP contribution >= 0.6 is 0 Å². The Morgan fingerprint density at radius 1 is 1.17 bits per heavy atom. The van der Waals surface area contributed by atoms with Crippen molar-refractivity contribution in [3.8, 4) is 0 Å².